The number of fused-ring (bicyclic) bond motifs is 1. The normalized spacial score (nSPS) is 11.2. The van der Waals surface area contributed by atoms with Gasteiger partial charge in [-0.1, -0.05) is 59.8 Å². The number of benzene rings is 2. The molecule has 0 unspecified atom stereocenters. The van der Waals surface area contributed by atoms with Gasteiger partial charge in [0, 0.05) is 33.8 Å². The van der Waals surface area contributed by atoms with Crippen molar-refractivity contribution >= 4 is 33.2 Å². The average molecular weight is 352 g/mol. The first-order valence-electron chi connectivity index (χ1n) is 7.77. The maximum Gasteiger partial charge on any atom is 0.191 e. The van der Waals surface area contributed by atoms with Crippen LogP contribution in [0.2, 0.25) is 0 Å². The Kier molecular flexibility index (Phi) is 4.12. The molecule has 2 aromatic carbocycles. The lowest BCUT2D eigenvalue weighted by Gasteiger charge is -2.04. The zero-order chi connectivity index (χ0) is 16.5. The van der Waals surface area contributed by atoms with Crippen molar-refractivity contribution in [3.8, 4) is 11.4 Å². The largest absolute Gasteiger partial charge is 0.305 e. The van der Waals surface area contributed by atoms with E-state index in [0.29, 0.717) is 0 Å². The number of aryl methyl sites for hydroxylation is 1. The van der Waals surface area contributed by atoms with Crippen LogP contribution in [0.5, 0.6) is 0 Å². The van der Waals surface area contributed by atoms with Crippen molar-refractivity contribution in [1.29, 1.82) is 0 Å². The number of rotatable bonds is 4. The van der Waals surface area contributed by atoms with Gasteiger partial charge in [0.15, 0.2) is 11.0 Å². The van der Waals surface area contributed by atoms with E-state index in [9.17, 15) is 0 Å². The van der Waals surface area contributed by atoms with Crippen molar-refractivity contribution in [2.75, 3.05) is 0 Å². The van der Waals surface area contributed by atoms with E-state index in [-0.39, 0.29) is 0 Å². The fraction of sp³-hybridized carbons (Fsp3) is 0.158. The summed E-state index contributed by atoms with van der Waals surface area (Å²) in [5, 5.41) is 13.2. The molecular weight excluding hydrogens is 334 g/mol. The van der Waals surface area contributed by atoms with Crippen LogP contribution in [-0.4, -0.2) is 14.8 Å². The standard InChI is InChI=1S/C19H17N3S2/c1-13-6-5-7-14(10-13)11-24-19-21-20-18(22(19)2)16-12-23-17-9-4-3-8-15(16)17/h3-10,12H,11H2,1-2H3. The Labute approximate surface area is 149 Å². The molecule has 0 aliphatic rings. The van der Waals surface area contributed by atoms with E-state index in [2.05, 4.69) is 75.6 Å². The zero-order valence-corrected chi connectivity index (χ0v) is 15.2. The summed E-state index contributed by atoms with van der Waals surface area (Å²) >= 11 is 3.48. The van der Waals surface area contributed by atoms with Gasteiger partial charge in [0.1, 0.15) is 0 Å². The smallest absolute Gasteiger partial charge is 0.191 e. The molecule has 2 aromatic heterocycles. The minimum absolute atomic E-state index is 0.901. The number of hydrogen-bond acceptors (Lipinski definition) is 4. The van der Waals surface area contributed by atoms with Crippen molar-refractivity contribution in [1.82, 2.24) is 14.8 Å². The molecular formula is C19H17N3S2. The van der Waals surface area contributed by atoms with Crippen LogP contribution in [0.1, 0.15) is 11.1 Å². The third-order valence-electron chi connectivity index (χ3n) is 4.01. The van der Waals surface area contributed by atoms with Crippen LogP contribution >= 0.6 is 23.1 Å². The van der Waals surface area contributed by atoms with E-state index in [4.69, 9.17) is 0 Å². The summed E-state index contributed by atoms with van der Waals surface area (Å²) in [5.74, 6) is 1.83. The van der Waals surface area contributed by atoms with Crippen LogP contribution in [0.25, 0.3) is 21.5 Å². The summed E-state index contributed by atoms with van der Waals surface area (Å²) in [4.78, 5) is 0. The van der Waals surface area contributed by atoms with Crippen LogP contribution < -0.4 is 0 Å². The molecule has 0 bridgehead atoms. The molecule has 0 fully saturated rings. The SMILES string of the molecule is Cc1cccc(CSc2nnc(-c3csc4ccccc34)n2C)c1. The average Bonchev–Trinajstić information content (AvgIpc) is 3.16. The van der Waals surface area contributed by atoms with Crippen molar-refractivity contribution < 1.29 is 0 Å². The van der Waals surface area contributed by atoms with Gasteiger partial charge in [-0.05, 0) is 18.6 Å². The lowest BCUT2D eigenvalue weighted by atomic mass is 10.2. The van der Waals surface area contributed by atoms with E-state index in [1.165, 1.54) is 21.2 Å². The third-order valence-corrected chi connectivity index (χ3v) is 6.06. The molecule has 0 radical (unpaired) electrons. The second kappa shape index (κ2) is 6.42. The highest BCUT2D eigenvalue weighted by Crippen LogP contribution is 2.34. The molecule has 0 saturated carbocycles. The molecule has 0 N–H and O–H groups in total. The van der Waals surface area contributed by atoms with Gasteiger partial charge in [-0.15, -0.1) is 21.5 Å². The highest BCUT2D eigenvalue weighted by atomic mass is 32.2. The topological polar surface area (TPSA) is 30.7 Å². The number of hydrogen-bond donors (Lipinski definition) is 0. The van der Waals surface area contributed by atoms with Gasteiger partial charge in [-0.3, -0.25) is 0 Å². The van der Waals surface area contributed by atoms with E-state index >= 15 is 0 Å². The number of nitrogens with zero attached hydrogens (tertiary/aromatic N) is 3. The molecule has 4 rings (SSSR count). The van der Waals surface area contributed by atoms with Gasteiger partial charge < -0.3 is 4.57 Å². The molecule has 2 heterocycles. The van der Waals surface area contributed by atoms with Gasteiger partial charge in [-0.25, -0.2) is 0 Å². The lowest BCUT2D eigenvalue weighted by molar-refractivity contribution is 0.794. The fourth-order valence-electron chi connectivity index (χ4n) is 2.78. The summed E-state index contributed by atoms with van der Waals surface area (Å²) in [7, 11) is 2.04. The molecule has 3 nitrogen and oxygen atoms in total. The Morgan fingerprint density at radius 1 is 1.08 bits per heavy atom. The van der Waals surface area contributed by atoms with Gasteiger partial charge in [0.25, 0.3) is 0 Å². The number of aromatic nitrogens is 3. The monoisotopic (exact) mass is 351 g/mol. The maximum atomic E-state index is 4.44. The molecule has 0 aliphatic carbocycles. The van der Waals surface area contributed by atoms with Gasteiger partial charge >= 0.3 is 0 Å². The van der Waals surface area contributed by atoms with Crippen molar-refractivity contribution in [3.63, 3.8) is 0 Å². The summed E-state index contributed by atoms with van der Waals surface area (Å²) in [6.45, 7) is 2.12. The first-order chi connectivity index (χ1) is 11.7. The molecule has 0 aliphatic heterocycles. The molecule has 24 heavy (non-hydrogen) atoms. The molecule has 0 saturated heterocycles. The first kappa shape index (κ1) is 15.4. The summed E-state index contributed by atoms with van der Waals surface area (Å²) < 4.78 is 3.37. The van der Waals surface area contributed by atoms with Gasteiger partial charge in [-0.2, -0.15) is 0 Å². The van der Waals surface area contributed by atoms with Crippen LogP contribution in [0.4, 0.5) is 0 Å². The van der Waals surface area contributed by atoms with Crippen molar-refractivity contribution in [3.05, 3.63) is 65.0 Å². The van der Waals surface area contributed by atoms with E-state index in [1.807, 2.05) is 7.05 Å². The molecule has 4 aromatic rings. The number of thiophene rings is 1. The first-order valence-corrected chi connectivity index (χ1v) is 9.63. The van der Waals surface area contributed by atoms with Crippen LogP contribution in [-0.2, 0) is 12.8 Å². The fourth-order valence-corrected chi connectivity index (χ4v) is 4.57. The van der Waals surface area contributed by atoms with Crippen LogP contribution in [0.3, 0.4) is 0 Å². The molecule has 120 valence electrons. The lowest BCUT2D eigenvalue weighted by Crippen LogP contribution is -1.94. The Morgan fingerprint density at radius 3 is 2.83 bits per heavy atom. The second-order valence-corrected chi connectivity index (χ2v) is 7.64. The molecule has 0 amide bonds. The second-order valence-electron chi connectivity index (χ2n) is 5.79. The van der Waals surface area contributed by atoms with Crippen molar-refractivity contribution in [2.45, 2.75) is 17.8 Å². The summed E-state index contributed by atoms with van der Waals surface area (Å²) in [5.41, 5.74) is 3.76. The molecule has 5 heteroatoms. The van der Waals surface area contributed by atoms with Gasteiger partial charge in [0.2, 0.25) is 0 Å². The zero-order valence-electron chi connectivity index (χ0n) is 13.6. The predicted molar refractivity (Wildman–Crippen MR) is 103 cm³/mol. The van der Waals surface area contributed by atoms with E-state index in [1.54, 1.807) is 23.1 Å². The van der Waals surface area contributed by atoms with Crippen LogP contribution in [0.15, 0.2) is 59.1 Å². The Hall–Kier alpha value is -2.11. The highest BCUT2D eigenvalue weighted by molar-refractivity contribution is 7.98. The maximum absolute atomic E-state index is 4.44. The van der Waals surface area contributed by atoms with Crippen molar-refractivity contribution in [2.24, 2.45) is 7.05 Å². The molecule has 0 atom stereocenters. The van der Waals surface area contributed by atoms with E-state index in [0.717, 1.165) is 22.3 Å². The Bertz CT molecular complexity index is 1000. The quantitative estimate of drug-likeness (QED) is 0.468. The van der Waals surface area contributed by atoms with Crippen LogP contribution in [0, 0.1) is 6.92 Å². The molecule has 0 spiro atoms. The predicted octanol–water partition coefficient (Wildman–Crippen LogP) is 5.30. The van der Waals surface area contributed by atoms with E-state index < -0.39 is 0 Å². The summed E-state index contributed by atoms with van der Waals surface area (Å²) in [6, 6.07) is 17.0. The summed E-state index contributed by atoms with van der Waals surface area (Å²) in [6.07, 6.45) is 0. The Morgan fingerprint density at radius 2 is 1.96 bits per heavy atom. The third kappa shape index (κ3) is 2.85. The number of thioether (sulfide) groups is 1. The minimum Gasteiger partial charge on any atom is -0.305 e. The Balaban J connectivity index is 1.61. The highest BCUT2D eigenvalue weighted by Gasteiger charge is 2.15. The van der Waals surface area contributed by atoms with Gasteiger partial charge in [0.05, 0.1) is 0 Å². The minimum atomic E-state index is 0.901.